The molecule has 2 aromatic rings. The number of nitrogens with zero attached hydrogens (tertiary/aromatic N) is 1. The number of fused-ring (bicyclic) bond motifs is 2. The van der Waals surface area contributed by atoms with Crippen LogP contribution in [0.1, 0.15) is 30.5 Å². The van der Waals surface area contributed by atoms with E-state index in [0.29, 0.717) is 10.0 Å². The number of halogens is 2. The number of rotatable bonds is 0. The highest BCUT2D eigenvalue weighted by Crippen LogP contribution is 2.36. The van der Waals surface area contributed by atoms with Crippen LogP contribution in [0.15, 0.2) is 12.1 Å². The van der Waals surface area contributed by atoms with E-state index in [0.717, 1.165) is 35.1 Å². The highest BCUT2D eigenvalue weighted by atomic mass is 35.5. The zero-order valence-corrected chi connectivity index (χ0v) is 11.5. The minimum atomic E-state index is 0.592. The topological polar surface area (TPSA) is 38.9 Å². The number of aryl methyl sites for hydroxylation is 1. The van der Waals surface area contributed by atoms with Gasteiger partial charge in [-0.15, -0.1) is 0 Å². The molecule has 0 bridgehead atoms. The molecule has 2 N–H and O–H groups in total. The lowest BCUT2D eigenvalue weighted by molar-refractivity contribution is 0.709. The number of hydrogen-bond acceptors (Lipinski definition) is 2. The lowest BCUT2D eigenvalue weighted by Crippen LogP contribution is -2.03. The molecule has 0 spiro atoms. The minimum Gasteiger partial charge on any atom is -0.398 e. The molecule has 18 heavy (non-hydrogen) atoms. The molecule has 0 atom stereocenters. The molecule has 0 radical (unpaired) electrons. The number of aromatic nitrogens is 1. The summed E-state index contributed by atoms with van der Waals surface area (Å²) in [5.41, 5.74) is 10.2. The van der Waals surface area contributed by atoms with Crippen molar-refractivity contribution in [3.05, 3.63) is 33.4 Å². The normalized spacial score (nSPS) is 15.4. The number of pyridine rings is 1. The highest BCUT2D eigenvalue weighted by molar-refractivity contribution is 6.39. The van der Waals surface area contributed by atoms with Gasteiger partial charge in [-0.05, 0) is 43.4 Å². The molecule has 0 saturated carbocycles. The van der Waals surface area contributed by atoms with Crippen molar-refractivity contribution in [3.63, 3.8) is 0 Å². The van der Waals surface area contributed by atoms with Crippen molar-refractivity contribution in [2.75, 3.05) is 5.73 Å². The standard InChI is InChI=1S/C14H14Cl2N2/c15-8-6-10(16)13-12(7-8)18-11-5-3-1-2-4-9(11)14(13)17/h6-7H,1-5H2,(H2,17,18). The maximum absolute atomic E-state index is 6.29. The lowest BCUT2D eigenvalue weighted by Gasteiger charge is -2.13. The van der Waals surface area contributed by atoms with Crippen LogP contribution in [-0.4, -0.2) is 4.98 Å². The summed E-state index contributed by atoms with van der Waals surface area (Å²) in [5, 5.41) is 2.05. The smallest absolute Gasteiger partial charge is 0.0756 e. The molecule has 0 saturated heterocycles. The molecule has 4 heteroatoms. The van der Waals surface area contributed by atoms with Gasteiger partial charge in [0, 0.05) is 21.8 Å². The average Bonchev–Trinajstić information content (AvgIpc) is 2.53. The molecule has 0 fully saturated rings. The van der Waals surface area contributed by atoms with E-state index in [-0.39, 0.29) is 0 Å². The maximum atomic E-state index is 6.29. The Labute approximate surface area is 116 Å². The first-order chi connectivity index (χ1) is 8.66. The quantitative estimate of drug-likeness (QED) is 0.727. The monoisotopic (exact) mass is 280 g/mol. The van der Waals surface area contributed by atoms with Gasteiger partial charge in [-0.3, -0.25) is 4.98 Å². The SMILES string of the molecule is Nc1c2c(nc3cc(Cl)cc(Cl)c13)CCCCC2. The number of nitrogens with two attached hydrogens (primary N) is 1. The molecule has 1 aliphatic rings. The summed E-state index contributed by atoms with van der Waals surface area (Å²) in [7, 11) is 0. The average molecular weight is 281 g/mol. The van der Waals surface area contributed by atoms with Crippen molar-refractivity contribution in [1.82, 2.24) is 4.98 Å². The summed E-state index contributed by atoms with van der Waals surface area (Å²) >= 11 is 12.3. The molecule has 2 nitrogen and oxygen atoms in total. The molecule has 1 aromatic carbocycles. The molecule has 94 valence electrons. The number of anilines is 1. The van der Waals surface area contributed by atoms with E-state index in [1.165, 1.54) is 24.8 Å². The van der Waals surface area contributed by atoms with Crippen molar-refractivity contribution >= 4 is 39.8 Å². The third-order valence-electron chi connectivity index (χ3n) is 3.57. The third-order valence-corrected chi connectivity index (χ3v) is 4.09. The van der Waals surface area contributed by atoms with Gasteiger partial charge >= 0.3 is 0 Å². The third kappa shape index (κ3) is 1.94. The van der Waals surface area contributed by atoms with Crippen LogP contribution < -0.4 is 5.73 Å². The lowest BCUT2D eigenvalue weighted by atomic mass is 10.0. The van der Waals surface area contributed by atoms with Crippen LogP contribution in [0.3, 0.4) is 0 Å². The summed E-state index contributed by atoms with van der Waals surface area (Å²) in [6, 6.07) is 3.57. The molecule has 1 aliphatic carbocycles. The van der Waals surface area contributed by atoms with Gasteiger partial charge in [-0.25, -0.2) is 0 Å². The van der Waals surface area contributed by atoms with Gasteiger partial charge in [-0.2, -0.15) is 0 Å². The van der Waals surface area contributed by atoms with Crippen LogP contribution in [0.25, 0.3) is 10.9 Å². The summed E-state index contributed by atoms with van der Waals surface area (Å²) < 4.78 is 0. The van der Waals surface area contributed by atoms with Crippen molar-refractivity contribution in [2.45, 2.75) is 32.1 Å². The zero-order chi connectivity index (χ0) is 12.7. The van der Waals surface area contributed by atoms with Crippen LogP contribution >= 0.6 is 23.2 Å². The Morgan fingerprint density at radius 1 is 1.06 bits per heavy atom. The van der Waals surface area contributed by atoms with E-state index in [4.69, 9.17) is 33.9 Å². The molecule has 1 aromatic heterocycles. The fourth-order valence-corrected chi connectivity index (χ4v) is 3.28. The molecular weight excluding hydrogens is 267 g/mol. The summed E-state index contributed by atoms with van der Waals surface area (Å²) in [5.74, 6) is 0. The van der Waals surface area contributed by atoms with Crippen LogP contribution in [-0.2, 0) is 12.8 Å². The predicted octanol–water partition coefficient (Wildman–Crippen LogP) is 4.39. The van der Waals surface area contributed by atoms with E-state index in [2.05, 4.69) is 0 Å². The highest BCUT2D eigenvalue weighted by Gasteiger charge is 2.17. The second-order valence-corrected chi connectivity index (χ2v) is 5.64. The summed E-state index contributed by atoms with van der Waals surface area (Å²) in [6.07, 6.45) is 5.60. The Morgan fingerprint density at radius 2 is 1.83 bits per heavy atom. The second kappa shape index (κ2) is 4.60. The van der Waals surface area contributed by atoms with Crippen LogP contribution in [0, 0.1) is 0 Å². The van der Waals surface area contributed by atoms with Crippen LogP contribution in [0.4, 0.5) is 5.69 Å². The first kappa shape index (κ1) is 12.1. The van der Waals surface area contributed by atoms with Crippen molar-refractivity contribution in [2.24, 2.45) is 0 Å². The summed E-state index contributed by atoms with van der Waals surface area (Å²) in [4.78, 5) is 4.71. The van der Waals surface area contributed by atoms with Crippen molar-refractivity contribution in [1.29, 1.82) is 0 Å². The van der Waals surface area contributed by atoms with E-state index < -0.39 is 0 Å². The zero-order valence-electron chi connectivity index (χ0n) is 9.97. The fourth-order valence-electron chi connectivity index (χ4n) is 2.69. The van der Waals surface area contributed by atoms with Gasteiger partial charge < -0.3 is 5.73 Å². The predicted molar refractivity (Wildman–Crippen MR) is 77.4 cm³/mol. The molecular formula is C14H14Cl2N2. The van der Waals surface area contributed by atoms with Gasteiger partial charge in [0.15, 0.2) is 0 Å². The Balaban J connectivity index is 2.34. The Hall–Kier alpha value is -0.990. The van der Waals surface area contributed by atoms with E-state index in [9.17, 15) is 0 Å². The van der Waals surface area contributed by atoms with E-state index in [1.807, 2.05) is 6.07 Å². The maximum Gasteiger partial charge on any atom is 0.0756 e. The van der Waals surface area contributed by atoms with Gasteiger partial charge in [0.1, 0.15) is 0 Å². The molecule has 0 amide bonds. The van der Waals surface area contributed by atoms with Crippen LogP contribution in [0.5, 0.6) is 0 Å². The van der Waals surface area contributed by atoms with Gasteiger partial charge in [0.25, 0.3) is 0 Å². The molecule has 0 unspecified atom stereocenters. The van der Waals surface area contributed by atoms with Crippen molar-refractivity contribution in [3.8, 4) is 0 Å². The van der Waals surface area contributed by atoms with Crippen molar-refractivity contribution < 1.29 is 0 Å². The number of hydrogen-bond donors (Lipinski definition) is 1. The first-order valence-corrected chi connectivity index (χ1v) is 6.98. The minimum absolute atomic E-state index is 0.592. The Bertz CT molecular complexity index is 623. The Morgan fingerprint density at radius 3 is 2.67 bits per heavy atom. The van der Waals surface area contributed by atoms with Gasteiger partial charge in [0.2, 0.25) is 0 Å². The second-order valence-electron chi connectivity index (χ2n) is 4.79. The summed E-state index contributed by atoms with van der Waals surface area (Å²) in [6.45, 7) is 0. The van der Waals surface area contributed by atoms with Gasteiger partial charge in [-0.1, -0.05) is 29.6 Å². The van der Waals surface area contributed by atoms with E-state index >= 15 is 0 Å². The Kier molecular flexibility index (Phi) is 3.08. The number of nitrogen functional groups attached to an aromatic ring is 1. The van der Waals surface area contributed by atoms with Crippen LogP contribution in [0.2, 0.25) is 10.0 Å². The number of benzene rings is 1. The molecule has 3 rings (SSSR count). The molecule has 0 aliphatic heterocycles. The first-order valence-electron chi connectivity index (χ1n) is 6.23. The van der Waals surface area contributed by atoms with Gasteiger partial charge in [0.05, 0.1) is 10.5 Å². The fraction of sp³-hybridized carbons (Fsp3) is 0.357. The largest absolute Gasteiger partial charge is 0.398 e. The van der Waals surface area contributed by atoms with E-state index in [1.54, 1.807) is 6.07 Å². The molecule has 1 heterocycles.